The van der Waals surface area contributed by atoms with Crippen molar-refractivity contribution in [2.24, 2.45) is 0 Å². The van der Waals surface area contributed by atoms with Gasteiger partial charge in [-0.3, -0.25) is 14.6 Å². The van der Waals surface area contributed by atoms with Gasteiger partial charge in [-0.25, -0.2) is 4.98 Å². The highest BCUT2D eigenvalue weighted by molar-refractivity contribution is 5.86. The number of likely N-dealkylation sites (tertiary alicyclic amines) is 1. The number of methoxy groups -OCH3 is 1. The Kier molecular flexibility index (Phi) is 10.1. The Morgan fingerprint density at radius 2 is 1.97 bits per heavy atom. The smallest absolute Gasteiger partial charge is 0.222 e. The van der Waals surface area contributed by atoms with Crippen molar-refractivity contribution >= 4 is 22.8 Å². The van der Waals surface area contributed by atoms with Crippen molar-refractivity contribution in [2.75, 3.05) is 57.6 Å². The Balaban J connectivity index is 0.00000107. The molecule has 2 aliphatic heterocycles. The molecule has 38 heavy (non-hydrogen) atoms. The number of ether oxygens (including phenoxy) is 2. The highest BCUT2D eigenvalue weighted by Gasteiger charge is 2.28. The van der Waals surface area contributed by atoms with Gasteiger partial charge < -0.3 is 25.6 Å². The summed E-state index contributed by atoms with van der Waals surface area (Å²) >= 11 is 0. The molecule has 11 nitrogen and oxygen atoms in total. The molecule has 5 heterocycles. The van der Waals surface area contributed by atoms with Gasteiger partial charge in [0.1, 0.15) is 22.5 Å². The Labute approximate surface area is 224 Å². The fourth-order valence-corrected chi connectivity index (χ4v) is 5.20. The number of unbranched alkanes of at least 4 members (excludes halogenated alkanes) is 1. The fourth-order valence-electron chi connectivity index (χ4n) is 5.20. The molecule has 1 unspecified atom stereocenters. The van der Waals surface area contributed by atoms with E-state index < -0.39 is 0 Å². The van der Waals surface area contributed by atoms with Gasteiger partial charge in [-0.15, -0.1) is 0 Å². The quantitative estimate of drug-likeness (QED) is 0.357. The molecule has 208 valence electrons. The molecule has 2 aliphatic rings. The maximum Gasteiger partial charge on any atom is 0.222 e. The van der Waals surface area contributed by atoms with E-state index in [0.29, 0.717) is 29.8 Å². The number of nitrogens with zero attached hydrogens (tertiary/aromatic N) is 6. The first-order chi connectivity index (χ1) is 18.6. The summed E-state index contributed by atoms with van der Waals surface area (Å²) in [5.41, 5.74) is 9.54. The van der Waals surface area contributed by atoms with Crippen molar-refractivity contribution in [3.63, 3.8) is 0 Å². The molecule has 0 spiro atoms. The van der Waals surface area contributed by atoms with Crippen LogP contribution in [0.3, 0.4) is 0 Å². The molecule has 2 fully saturated rings. The summed E-state index contributed by atoms with van der Waals surface area (Å²) in [6.45, 7) is 9.36. The summed E-state index contributed by atoms with van der Waals surface area (Å²) < 4.78 is 13.2. The molecule has 0 aromatic carbocycles. The van der Waals surface area contributed by atoms with Gasteiger partial charge in [-0.2, -0.15) is 10.1 Å². The van der Waals surface area contributed by atoms with Crippen molar-refractivity contribution < 1.29 is 14.6 Å². The van der Waals surface area contributed by atoms with Crippen LogP contribution in [-0.4, -0.2) is 87.3 Å². The molecule has 5 rings (SSSR count). The van der Waals surface area contributed by atoms with Crippen LogP contribution in [-0.2, 0) is 11.3 Å². The van der Waals surface area contributed by atoms with E-state index in [9.17, 15) is 0 Å². The van der Waals surface area contributed by atoms with E-state index in [1.165, 1.54) is 5.56 Å². The largest absolute Gasteiger partial charge is 0.495 e. The van der Waals surface area contributed by atoms with Gasteiger partial charge in [-0.05, 0) is 63.2 Å². The van der Waals surface area contributed by atoms with E-state index in [4.69, 9.17) is 25.3 Å². The fraction of sp³-hybridized carbons (Fsp3) is 0.630. The number of hydrogen-bond donors (Lipinski definition) is 3. The molecule has 0 bridgehead atoms. The number of aromatic nitrogens is 5. The summed E-state index contributed by atoms with van der Waals surface area (Å²) in [5.74, 6) is 2.23. The van der Waals surface area contributed by atoms with Gasteiger partial charge in [0, 0.05) is 32.0 Å². The summed E-state index contributed by atoms with van der Waals surface area (Å²) in [4.78, 5) is 16.2. The molecule has 3 aromatic rings. The van der Waals surface area contributed by atoms with E-state index in [1.807, 2.05) is 10.9 Å². The molecule has 11 heteroatoms. The molecular weight excluding hydrogens is 484 g/mol. The lowest BCUT2D eigenvalue weighted by molar-refractivity contribution is 0.122. The zero-order valence-electron chi connectivity index (χ0n) is 22.9. The maximum atomic E-state index is 7.57. The lowest BCUT2D eigenvalue weighted by Gasteiger charge is -2.35. The summed E-state index contributed by atoms with van der Waals surface area (Å²) in [6, 6.07) is 2.75. The highest BCUT2D eigenvalue weighted by Crippen LogP contribution is 2.33. The predicted octanol–water partition coefficient (Wildman–Crippen LogP) is 3.04. The molecule has 0 radical (unpaired) electrons. The molecule has 3 aromatic heterocycles. The van der Waals surface area contributed by atoms with Crippen LogP contribution in [0.15, 0.2) is 18.5 Å². The van der Waals surface area contributed by atoms with Gasteiger partial charge >= 0.3 is 0 Å². The van der Waals surface area contributed by atoms with E-state index in [2.05, 4.69) is 38.3 Å². The van der Waals surface area contributed by atoms with Crippen LogP contribution in [0.5, 0.6) is 5.75 Å². The van der Waals surface area contributed by atoms with Crippen molar-refractivity contribution in [1.29, 1.82) is 0 Å². The number of fused-ring (bicyclic) bond motifs is 1. The molecule has 0 amide bonds. The Hall–Kier alpha value is -3.02. The van der Waals surface area contributed by atoms with Crippen LogP contribution in [0, 0.1) is 0 Å². The number of hydrogen-bond acceptors (Lipinski definition) is 10. The van der Waals surface area contributed by atoms with Gasteiger partial charge in [0.05, 0.1) is 26.5 Å². The third kappa shape index (κ3) is 6.69. The van der Waals surface area contributed by atoms with Gasteiger partial charge in [0.15, 0.2) is 5.82 Å². The molecular formula is C27H42N8O3. The normalized spacial score (nSPS) is 18.4. The average Bonchev–Trinajstić information content (AvgIpc) is 3.60. The minimum Gasteiger partial charge on any atom is -0.495 e. The van der Waals surface area contributed by atoms with Crippen molar-refractivity contribution in [3.8, 4) is 5.75 Å². The zero-order chi connectivity index (χ0) is 26.9. The van der Waals surface area contributed by atoms with Crippen molar-refractivity contribution in [3.05, 3.63) is 29.7 Å². The van der Waals surface area contributed by atoms with Gasteiger partial charge in [0.2, 0.25) is 5.95 Å². The van der Waals surface area contributed by atoms with Crippen LogP contribution in [0.2, 0.25) is 0 Å². The number of nitrogens with one attached hydrogen (secondary N) is 1. The van der Waals surface area contributed by atoms with Gasteiger partial charge in [0.25, 0.3) is 0 Å². The second kappa shape index (κ2) is 13.7. The summed E-state index contributed by atoms with van der Waals surface area (Å²) in [5, 5.41) is 15.5. The van der Waals surface area contributed by atoms with E-state index in [-0.39, 0.29) is 12.6 Å². The lowest BCUT2D eigenvalue weighted by atomic mass is 9.89. The van der Waals surface area contributed by atoms with E-state index in [1.54, 1.807) is 20.2 Å². The first-order valence-electron chi connectivity index (χ1n) is 13.8. The zero-order valence-corrected chi connectivity index (χ0v) is 22.9. The minimum atomic E-state index is 0.239. The van der Waals surface area contributed by atoms with Crippen LogP contribution < -0.4 is 15.8 Å². The Morgan fingerprint density at radius 3 is 2.66 bits per heavy atom. The predicted molar refractivity (Wildman–Crippen MR) is 149 cm³/mol. The first kappa shape index (κ1) is 28.0. The SMILES string of the molecule is CCCCNc1nc(N)nc2cnn(Cc3ncc(C4CCN(C5CCOC5)CC4)cc3OC)c12.CCO. The number of pyridine rings is 1. The van der Waals surface area contributed by atoms with E-state index in [0.717, 1.165) is 81.9 Å². The van der Waals surface area contributed by atoms with Crippen LogP contribution in [0.1, 0.15) is 63.1 Å². The average molecular weight is 527 g/mol. The number of rotatable bonds is 9. The van der Waals surface area contributed by atoms with Crippen LogP contribution in [0.4, 0.5) is 11.8 Å². The van der Waals surface area contributed by atoms with Crippen LogP contribution >= 0.6 is 0 Å². The third-order valence-electron chi connectivity index (χ3n) is 7.22. The monoisotopic (exact) mass is 526 g/mol. The molecule has 2 saturated heterocycles. The maximum absolute atomic E-state index is 7.57. The van der Waals surface area contributed by atoms with E-state index >= 15 is 0 Å². The second-order valence-electron chi connectivity index (χ2n) is 9.81. The lowest BCUT2D eigenvalue weighted by Crippen LogP contribution is -2.41. The Bertz CT molecular complexity index is 1160. The Morgan fingerprint density at radius 1 is 1.18 bits per heavy atom. The molecule has 4 N–H and O–H groups in total. The number of piperidine rings is 1. The first-order valence-corrected chi connectivity index (χ1v) is 13.8. The third-order valence-corrected chi connectivity index (χ3v) is 7.22. The number of aliphatic hydroxyl groups is 1. The van der Waals surface area contributed by atoms with Crippen molar-refractivity contribution in [2.45, 2.75) is 64.5 Å². The minimum absolute atomic E-state index is 0.239. The molecule has 0 saturated carbocycles. The van der Waals surface area contributed by atoms with Crippen LogP contribution in [0.25, 0.3) is 11.0 Å². The topological polar surface area (TPSA) is 136 Å². The molecule has 0 aliphatic carbocycles. The number of aliphatic hydroxyl groups excluding tert-OH is 1. The summed E-state index contributed by atoms with van der Waals surface area (Å²) in [6.07, 6.45) is 9.30. The summed E-state index contributed by atoms with van der Waals surface area (Å²) in [7, 11) is 1.70. The number of nitrogens with two attached hydrogens (primary N) is 1. The second-order valence-corrected chi connectivity index (χ2v) is 9.81. The standard InChI is InChI=1S/C25H36N8O2.C2H6O/c1-3-4-8-27-24-23-20(30-25(26)31-24)14-29-33(23)15-21-22(34-2)12-18(13-28-21)17-5-9-32(10-6-17)19-7-11-35-16-19;1-2-3/h12-14,17,19H,3-11,15-16H2,1-2H3,(H3,26,27,30,31);3H,2H2,1H3. The molecule has 1 atom stereocenters. The number of nitrogen functional groups attached to an aromatic ring is 1. The number of anilines is 2. The van der Waals surface area contributed by atoms with Crippen molar-refractivity contribution in [1.82, 2.24) is 29.6 Å². The van der Waals surface area contributed by atoms with Gasteiger partial charge in [-0.1, -0.05) is 13.3 Å². The highest BCUT2D eigenvalue weighted by atomic mass is 16.5.